The van der Waals surface area contributed by atoms with Crippen LogP contribution in [0.4, 0.5) is 0 Å². The van der Waals surface area contributed by atoms with Crippen molar-refractivity contribution in [2.45, 2.75) is 33.4 Å². The molecular weight excluding hydrogens is 651 g/mol. The van der Waals surface area contributed by atoms with Crippen LogP contribution >= 0.6 is 23.5 Å². The molecule has 6 rings (SSSR count). The van der Waals surface area contributed by atoms with Gasteiger partial charge >= 0.3 is 0 Å². The molecule has 0 aliphatic carbocycles. The molecule has 4 aromatic rings. The van der Waals surface area contributed by atoms with Gasteiger partial charge in [0.2, 0.25) is 0 Å². The number of benzene rings is 3. The molecule has 3 aromatic carbocycles. The molecule has 8 heteroatoms. The van der Waals surface area contributed by atoms with Crippen LogP contribution < -0.4 is 16.4 Å². The summed E-state index contributed by atoms with van der Waals surface area (Å²) in [6.07, 6.45) is 6.42. The van der Waals surface area contributed by atoms with Crippen LogP contribution in [0.25, 0.3) is 11.3 Å². The number of allylic oxidation sites excluding steroid dienone is 2. The summed E-state index contributed by atoms with van der Waals surface area (Å²) in [5.41, 5.74) is 6.05. The molecule has 0 bridgehead atoms. The third kappa shape index (κ3) is 5.31. The summed E-state index contributed by atoms with van der Waals surface area (Å²) in [6, 6.07) is 23.4. The minimum Gasteiger partial charge on any atom is -0.512 e. The topological polar surface area (TPSA) is 63.1 Å². The van der Waals surface area contributed by atoms with Crippen LogP contribution in [-0.2, 0) is 24.9 Å². The molecule has 0 fully saturated rings. The zero-order valence-electron chi connectivity index (χ0n) is 19.0. The van der Waals surface area contributed by atoms with E-state index in [1.165, 1.54) is 55.9 Å². The fourth-order valence-corrected chi connectivity index (χ4v) is 6.61. The number of fused-ring (bicyclic) bond motifs is 4. The van der Waals surface area contributed by atoms with Crippen LogP contribution in [0.15, 0.2) is 105 Å². The van der Waals surface area contributed by atoms with Gasteiger partial charge in [0.1, 0.15) is 0 Å². The summed E-state index contributed by atoms with van der Waals surface area (Å²) in [5, 5.41) is 8.36. The molecular formula is C27H20BIrN2O2S2-. The molecule has 1 aromatic heterocycles. The Morgan fingerprint density at radius 2 is 1.63 bits per heavy atom. The van der Waals surface area contributed by atoms with Crippen molar-refractivity contribution >= 4 is 52.4 Å². The summed E-state index contributed by atoms with van der Waals surface area (Å²) in [6.45, 7) is 3.12. The molecule has 3 heterocycles. The predicted molar refractivity (Wildman–Crippen MR) is 139 cm³/mol. The monoisotopic (exact) mass is 672 g/mol. The number of carbonyl (C=O) groups is 1. The fourth-order valence-electron chi connectivity index (χ4n) is 4.19. The number of nitrogens with zero attached hydrogens (tertiary/aromatic N) is 2. The van der Waals surface area contributed by atoms with Crippen molar-refractivity contribution in [3.63, 3.8) is 0 Å². The first-order valence-electron chi connectivity index (χ1n) is 10.8. The van der Waals surface area contributed by atoms with Gasteiger partial charge in [-0.15, -0.1) is 46.7 Å². The average molecular weight is 672 g/mol. The number of hydrogen-bond acceptors (Lipinski definition) is 6. The third-order valence-electron chi connectivity index (χ3n) is 5.47. The van der Waals surface area contributed by atoms with E-state index in [2.05, 4.69) is 70.6 Å². The quantitative estimate of drug-likeness (QED) is 0.127. The molecule has 35 heavy (non-hydrogen) atoms. The molecule has 0 unspecified atom stereocenters. The maximum Gasteiger partial charge on any atom is 0.195 e. The van der Waals surface area contributed by atoms with Gasteiger partial charge in [-0.05, 0) is 26.0 Å². The van der Waals surface area contributed by atoms with Crippen LogP contribution in [0.3, 0.4) is 0 Å². The molecule has 2 aliphatic rings. The van der Waals surface area contributed by atoms with E-state index in [0.29, 0.717) is 0 Å². The van der Waals surface area contributed by atoms with Crippen LogP contribution in [-0.4, -0.2) is 27.6 Å². The van der Waals surface area contributed by atoms with E-state index in [0.717, 1.165) is 11.3 Å². The van der Waals surface area contributed by atoms with Gasteiger partial charge in [-0.25, -0.2) is 0 Å². The Morgan fingerprint density at radius 3 is 2.20 bits per heavy atom. The van der Waals surface area contributed by atoms with Gasteiger partial charge < -0.3 is 10.1 Å². The molecule has 2 aliphatic heterocycles. The van der Waals surface area contributed by atoms with Crippen LogP contribution in [0.2, 0.25) is 0 Å². The second kappa shape index (κ2) is 11.0. The van der Waals surface area contributed by atoms with Crippen molar-refractivity contribution in [2.24, 2.45) is 0 Å². The number of hydrogen-bond donors (Lipinski definition) is 1. The molecule has 0 spiro atoms. The molecule has 0 saturated carbocycles. The van der Waals surface area contributed by atoms with Crippen molar-refractivity contribution in [3.05, 3.63) is 91.1 Å². The molecule has 4 nitrogen and oxygen atoms in total. The number of ketones is 1. The van der Waals surface area contributed by atoms with E-state index in [1.54, 1.807) is 12.4 Å². The SMILES string of the molecule is CC(=O)/C=C(/C)O.[Ir].[c-]1c(-c2cnccn2)cc2c3c1Sc1ccccc1B3c1ccccc1S2. The Bertz CT molecular complexity index is 1360. The van der Waals surface area contributed by atoms with Crippen molar-refractivity contribution in [1.29, 1.82) is 0 Å². The number of aliphatic hydroxyl groups excluding tert-OH is 1. The summed E-state index contributed by atoms with van der Waals surface area (Å²) in [4.78, 5) is 23.9. The Kier molecular flexibility index (Phi) is 7.97. The normalized spacial score (nSPS) is 12.7. The van der Waals surface area contributed by atoms with Gasteiger partial charge in [0.05, 0.1) is 5.76 Å². The molecule has 1 radical (unpaired) electrons. The minimum atomic E-state index is -0.125. The van der Waals surface area contributed by atoms with Gasteiger partial charge in [-0.2, -0.15) is 0 Å². The van der Waals surface area contributed by atoms with Gasteiger partial charge in [0, 0.05) is 60.3 Å². The zero-order chi connectivity index (χ0) is 23.7. The van der Waals surface area contributed by atoms with E-state index in [9.17, 15) is 4.79 Å². The van der Waals surface area contributed by atoms with Crippen molar-refractivity contribution < 1.29 is 30.0 Å². The number of rotatable bonds is 2. The Hall–Kier alpha value is -2.64. The Balaban J connectivity index is 0.000000320. The van der Waals surface area contributed by atoms with Crippen molar-refractivity contribution in [1.82, 2.24) is 9.97 Å². The summed E-state index contributed by atoms with van der Waals surface area (Å²) in [5.74, 6) is -0.0625. The van der Waals surface area contributed by atoms with Crippen molar-refractivity contribution in [3.8, 4) is 11.3 Å². The smallest absolute Gasteiger partial charge is 0.195 e. The maximum atomic E-state index is 10.0. The summed E-state index contributed by atoms with van der Waals surface area (Å²) < 4.78 is 0. The second-order valence-corrected chi connectivity index (χ2v) is 10.1. The minimum absolute atomic E-state index is 0. The molecule has 0 saturated heterocycles. The Labute approximate surface area is 227 Å². The van der Waals surface area contributed by atoms with Gasteiger partial charge in [-0.3, -0.25) is 9.78 Å². The van der Waals surface area contributed by atoms with Crippen LogP contribution in [0.5, 0.6) is 0 Å². The number of aromatic nitrogens is 2. The fraction of sp³-hybridized carbons (Fsp3) is 0.0741. The van der Waals surface area contributed by atoms with Crippen LogP contribution in [0.1, 0.15) is 13.8 Å². The number of carbonyl (C=O) groups excluding carboxylic acids is 1. The first kappa shape index (κ1) is 25.5. The van der Waals surface area contributed by atoms with Gasteiger partial charge in [0.25, 0.3) is 0 Å². The molecule has 0 atom stereocenters. The first-order chi connectivity index (χ1) is 16.5. The van der Waals surface area contributed by atoms with Crippen LogP contribution in [0, 0.1) is 6.07 Å². The second-order valence-electron chi connectivity index (χ2n) is 7.99. The van der Waals surface area contributed by atoms with E-state index in [4.69, 9.17) is 5.11 Å². The van der Waals surface area contributed by atoms with Crippen molar-refractivity contribution in [2.75, 3.05) is 0 Å². The molecule has 0 amide bonds. The van der Waals surface area contributed by atoms with E-state index < -0.39 is 0 Å². The standard InChI is InChI=1S/C22H12BN2S2.C5H8O2.Ir/c1-3-7-18-15(5-1)23-16-6-2-4-8-19(16)27-21-12-14(11-20(26-18)22(21)23)17-13-24-9-10-25-17;1-4(6)3-5(2)7;/h1-11,13H;3,6H,1-2H3;/q-1;;/b;4-3-;. The third-order valence-corrected chi connectivity index (χ3v) is 7.73. The maximum absolute atomic E-state index is 10.0. The Morgan fingerprint density at radius 1 is 0.971 bits per heavy atom. The predicted octanol–water partition coefficient (Wildman–Crippen LogP) is 4.42. The van der Waals surface area contributed by atoms with E-state index >= 15 is 0 Å². The molecule has 175 valence electrons. The number of aliphatic hydroxyl groups is 1. The van der Waals surface area contributed by atoms with Gasteiger partial charge in [-0.1, -0.05) is 57.1 Å². The largest absolute Gasteiger partial charge is 0.512 e. The average Bonchev–Trinajstić information content (AvgIpc) is 2.83. The first-order valence-corrected chi connectivity index (χ1v) is 12.4. The zero-order valence-corrected chi connectivity index (χ0v) is 23.0. The summed E-state index contributed by atoms with van der Waals surface area (Å²) in [7, 11) is 0. The van der Waals surface area contributed by atoms with Gasteiger partial charge in [0.15, 0.2) is 12.5 Å². The van der Waals surface area contributed by atoms with E-state index in [1.807, 2.05) is 29.7 Å². The van der Waals surface area contributed by atoms with E-state index in [-0.39, 0.29) is 38.4 Å². The molecule has 1 N–H and O–H groups in total. The summed E-state index contributed by atoms with van der Waals surface area (Å²) >= 11 is 3.67.